The molecule has 4 rings (SSSR count). The van der Waals surface area contributed by atoms with Gasteiger partial charge in [-0.2, -0.15) is 0 Å². The fourth-order valence-corrected chi connectivity index (χ4v) is 5.22. The van der Waals surface area contributed by atoms with E-state index in [0.717, 1.165) is 36.8 Å². The molecule has 9 nitrogen and oxygen atoms in total. The second kappa shape index (κ2) is 12.3. The number of aromatic nitrogens is 1. The minimum Gasteiger partial charge on any atom is -0.393 e. The Morgan fingerprint density at radius 3 is 2.37 bits per heavy atom. The number of hydrogen-bond acceptors (Lipinski definition) is 8. The van der Waals surface area contributed by atoms with Crippen LogP contribution in [0.5, 0.6) is 0 Å². The summed E-state index contributed by atoms with van der Waals surface area (Å²) in [5, 5.41) is 18.4. The first-order valence-corrected chi connectivity index (χ1v) is 13.2. The summed E-state index contributed by atoms with van der Waals surface area (Å²) < 4.78 is 0. The van der Waals surface area contributed by atoms with Crippen molar-refractivity contribution in [2.24, 2.45) is 5.73 Å². The van der Waals surface area contributed by atoms with Crippen molar-refractivity contribution in [2.75, 3.05) is 48.3 Å². The highest BCUT2D eigenvalue weighted by atomic mass is 32.1. The molecule has 3 heterocycles. The number of aliphatic hydroxyl groups excluding tert-OH is 1. The summed E-state index contributed by atoms with van der Waals surface area (Å²) in [7, 11) is 1.77. The number of amides is 2. The molecular formula is C25H38N6O3S. The first-order chi connectivity index (χ1) is 16.8. The molecule has 0 aliphatic carbocycles. The van der Waals surface area contributed by atoms with E-state index in [1.165, 1.54) is 17.8 Å². The third-order valence-corrected chi connectivity index (χ3v) is 7.42. The number of nitrogens with one attached hydrogen (secondary N) is 2. The number of nitrogens with zero attached hydrogens (tertiary/aromatic N) is 3. The number of hydrogen-bond donors (Lipinski definition) is 4. The van der Waals surface area contributed by atoms with E-state index in [1.807, 2.05) is 24.3 Å². The van der Waals surface area contributed by atoms with Crippen molar-refractivity contribution >= 4 is 39.7 Å². The molecule has 0 unspecified atom stereocenters. The molecule has 2 aromatic rings. The number of rotatable bonds is 6. The number of carbonyl (C=O) groups excluding carboxylic acids is 2. The highest BCUT2D eigenvalue weighted by molar-refractivity contribution is 7.14. The van der Waals surface area contributed by atoms with Crippen LogP contribution in [0.15, 0.2) is 29.6 Å². The van der Waals surface area contributed by atoms with Crippen LogP contribution in [0.3, 0.4) is 0 Å². The zero-order valence-electron chi connectivity index (χ0n) is 20.9. The molecule has 2 amide bonds. The van der Waals surface area contributed by atoms with Gasteiger partial charge >= 0.3 is 0 Å². The summed E-state index contributed by atoms with van der Waals surface area (Å²) in [5.41, 5.74) is 6.94. The molecule has 0 saturated carbocycles. The van der Waals surface area contributed by atoms with Crippen LogP contribution in [0.4, 0.5) is 16.5 Å². The van der Waals surface area contributed by atoms with Crippen molar-refractivity contribution in [1.29, 1.82) is 0 Å². The van der Waals surface area contributed by atoms with E-state index >= 15 is 0 Å². The molecular weight excluding hydrogens is 464 g/mol. The number of likely N-dealkylation sites (N-methyl/N-ethyl adjacent to an activating group) is 1. The van der Waals surface area contributed by atoms with E-state index < -0.39 is 5.54 Å². The topological polar surface area (TPSA) is 124 Å². The first-order valence-electron chi connectivity index (χ1n) is 12.4. The maximum atomic E-state index is 12.9. The van der Waals surface area contributed by atoms with Gasteiger partial charge in [-0.05, 0) is 44.9 Å². The first kappa shape index (κ1) is 26.9. The van der Waals surface area contributed by atoms with E-state index in [0.29, 0.717) is 37.3 Å². The number of anilines is 3. The van der Waals surface area contributed by atoms with Gasteiger partial charge in [0.2, 0.25) is 5.91 Å². The molecule has 10 heteroatoms. The van der Waals surface area contributed by atoms with Gasteiger partial charge in [0.15, 0.2) is 5.13 Å². The minimum atomic E-state index is -0.684. The van der Waals surface area contributed by atoms with Crippen molar-refractivity contribution in [3.05, 3.63) is 35.3 Å². The lowest BCUT2D eigenvalue weighted by Gasteiger charge is -2.41. The van der Waals surface area contributed by atoms with Gasteiger partial charge in [0, 0.05) is 31.6 Å². The largest absolute Gasteiger partial charge is 0.393 e. The normalized spacial score (nSPS) is 17.9. The Hall–Kier alpha value is -2.69. The van der Waals surface area contributed by atoms with Crippen molar-refractivity contribution in [2.45, 2.75) is 57.6 Å². The van der Waals surface area contributed by atoms with E-state index in [9.17, 15) is 14.7 Å². The second-order valence-corrected chi connectivity index (χ2v) is 9.93. The quantitative estimate of drug-likeness (QED) is 0.479. The van der Waals surface area contributed by atoms with Crippen LogP contribution in [-0.4, -0.2) is 66.8 Å². The summed E-state index contributed by atoms with van der Waals surface area (Å²) in [6.45, 7) is 7.04. The lowest BCUT2D eigenvalue weighted by molar-refractivity contribution is -0.125. The molecule has 35 heavy (non-hydrogen) atoms. The SMILES string of the molecule is CCC.CNC1(C(N)=O)CCN(c2ccccc2NC(=O)c2csc(N3CCC(O)CC3)n2)CC1. The van der Waals surface area contributed by atoms with Crippen molar-refractivity contribution in [3.8, 4) is 0 Å². The van der Waals surface area contributed by atoms with Gasteiger partial charge in [0.1, 0.15) is 11.2 Å². The number of benzene rings is 1. The Morgan fingerprint density at radius 2 is 1.77 bits per heavy atom. The van der Waals surface area contributed by atoms with Crippen LogP contribution >= 0.6 is 11.3 Å². The van der Waals surface area contributed by atoms with Crippen molar-refractivity contribution in [1.82, 2.24) is 10.3 Å². The van der Waals surface area contributed by atoms with Crippen LogP contribution in [0.1, 0.15) is 56.4 Å². The lowest BCUT2D eigenvalue weighted by atomic mass is 9.86. The zero-order chi connectivity index (χ0) is 25.4. The van der Waals surface area contributed by atoms with Gasteiger partial charge in [-0.3, -0.25) is 9.59 Å². The van der Waals surface area contributed by atoms with Gasteiger partial charge in [-0.25, -0.2) is 4.98 Å². The maximum absolute atomic E-state index is 12.9. The Balaban J connectivity index is 0.00000108. The van der Waals surface area contributed by atoms with Crippen LogP contribution in [0, 0.1) is 0 Å². The minimum absolute atomic E-state index is 0.249. The standard InChI is InChI=1S/C22H30N6O3S.C3H8/c1-24-22(20(23)31)8-12-27(13-9-22)18-5-3-2-4-16(18)25-19(30)17-14-32-21(26-17)28-10-6-15(29)7-11-28;1-3-2/h2-5,14-15,24,29H,6-13H2,1H3,(H2,23,31)(H,25,30);3H2,1-2H3. The Kier molecular flexibility index (Phi) is 9.47. The average Bonchev–Trinajstić information content (AvgIpc) is 3.36. The molecule has 1 aromatic heterocycles. The summed E-state index contributed by atoms with van der Waals surface area (Å²) in [6.07, 6.45) is 3.63. The third kappa shape index (κ3) is 6.50. The van der Waals surface area contributed by atoms with Gasteiger partial charge in [-0.15, -0.1) is 11.3 Å². The molecule has 2 aliphatic heterocycles. The summed E-state index contributed by atoms with van der Waals surface area (Å²) in [5.74, 6) is -0.584. The predicted molar refractivity (Wildman–Crippen MR) is 142 cm³/mol. The molecule has 2 aliphatic rings. The number of primary amides is 1. The molecule has 5 N–H and O–H groups in total. The number of thiazole rings is 1. The fourth-order valence-electron chi connectivity index (χ4n) is 4.36. The summed E-state index contributed by atoms with van der Waals surface area (Å²) >= 11 is 1.44. The van der Waals surface area contributed by atoms with E-state index in [4.69, 9.17) is 5.73 Å². The molecule has 0 spiro atoms. The monoisotopic (exact) mass is 502 g/mol. The van der Waals surface area contributed by atoms with E-state index in [2.05, 4.69) is 39.3 Å². The van der Waals surface area contributed by atoms with Gasteiger partial charge in [0.05, 0.1) is 17.5 Å². The van der Waals surface area contributed by atoms with Crippen molar-refractivity contribution < 1.29 is 14.7 Å². The van der Waals surface area contributed by atoms with Crippen LogP contribution in [0.25, 0.3) is 0 Å². The van der Waals surface area contributed by atoms with Crippen LogP contribution < -0.4 is 26.2 Å². The molecule has 192 valence electrons. The maximum Gasteiger partial charge on any atom is 0.275 e. The van der Waals surface area contributed by atoms with E-state index in [1.54, 1.807) is 12.4 Å². The fraction of sp³-hybridized carbons (Fsp3) is 0.560. The Labute approximate surface area is 211 Å². The molecule has 1 aromatic carbocycles. The third-order valence-electron chi connectivity index (χ3n) is 6.52. The zero-order valence-corrected chi connectivity index (χ0v) is 21.7. The molecule has 2 saturated heterocycles. The molecule has 0 atom stereocenters. The molecule has 2 fully saturated rings. The summed E-state index contributed by atoms with van der Waals surface area (Å²) in [6, 6.07) is 7.67. The van der Waals surface area contributed by atoms with Crippen molar-refractivity contribution in [3.63, 3.8) is 0 Å². The highest BCUT2D eigenvalue weighted by Crippen LogP contribution is 2.32. The Morgan fingerprint density at radius 1 is 1.14 bits per heavy atom. The smallest absolute Gasteiger partial charge is 0.275 e. The summed E-state index contributed by atoms with van der Waals surface area (Å²) in [4.78, 5) is 33.6. The predicted octanol–water partition coefficient (Wildman–Crippen LogP) is 2.82. The van der Waals surface area contributed by atoms with Gasteiger partial charge < -0.3 is 31.3 Å². The van der Waals surface area contributed by atoms with Gasteiger partial charge in [0.25, 0.3) is 5.91 Å². The van der Waals surface area contributed by atoms with Gasteiger partial charge in [-0.1, -0.05) is 32.4 Å². The Bertz CT molecular complexity index is 981. The number of carbonyl (C=O) groups is 2. The average molecular weight is 503 g/mol. The van der Waals surface area contributed by atoms with E-state index in [-0.39, 0.29) is 17.9 Å². The number of nitrogens with two attached hydrogens (primary N) is 1. The van der Waals surface area contributed by atoms with Crippen LogP contribution in [-0.2, 0) is 4.79 Å². The number of aliphatic hydroxyl groups is 1. The van der Waals surface area contributed by atoms with Crippen LogP contribution in [0.2, 0.25) is 0 Å². The molecule has 0 radical (unpaired) electrons. The molecule has 0 bridgehead atoms. The number of para-hydroxylation sites is 2. The number of piperidine rings is 2. The highest BCUT2D eigenvalue weighted by Gasteiger charge is 2.38. The lowest BCUT2D eigenvalue weighted by Crippen LogP contribution is -2.59. The second-order valence-electron chi connectivity index (χ2n) is 9.10.